The lowest BCUT2D eigenvalue weighted by molar-refractivity contribution is 0.432. The molecule has 108 valence electrons. The zero-order chi connectivity index (χ0) is 14.7. The summed E-state index contributed by atoms with van der Waals surface area (Å²) >= 11 is 6.11. The lowest BCUT2D eigenvalue weighted by atomic mass is 10.1. The molecule has 2 N–H and O–H groups in total. The van der Waals surface area contributed by atoms with Crippen LogP contribution in [0.1, 0.15) is 31.5 Å². The van der Waals surface area contributed by atoms with Gasteiger partial charge in [0.1, 0.15) is 11.4 Å². The van der Waals surface area contributed by atoms with Gasteiger partial charge in [0.15, 0.2) is 0 Å². The molecule has 0 aliphatic heterocycles. The van der Waals surface area contributed by atoms with Crippen LogP contribution >= 0.6 is 11.6 Å². The highest BCUT2D eigenvalue weighted by atomic mass is 35.5. The molecule has 0 saturated carbocycles. The lowest BCUT2D eigenvalue weighted by Crippen LogP contribution is -1.97. The van der Waals surface area contributed by atoms with Gasteiger partial charge in [-0.2, -0.15) is 5.10 Å². The molecule has 0 spiro atoms. The number of halogens is 1. The van der Waals surface area contributed by atoms with Crippen molar-refractivity contribution >= 4 is 17.3 Å². The number of nitrogens with zero attached hydrogens (tertiary/aromatic N) is 2. The van der Waals surface area contributed by atoms with Gasteiger partial charge < -0.3 is 10.5 Å². The molecule has 0 saturated heterocycles. The third-order valence-electron chi connectivity index (χ3n) is 3.21. The monoisotopic (exact) mass is 293 g/mol. The van der Waals surface area contributed by atoms with Gasteiger partial charge in [-0.05, 0) is 36.6 Å². The van der Waals surface area contributed by atoms with Crippen LogP contribution in [0.15, 0.2) is 18.2 Å². The standard InChI is InChI=1S/C15H20ClN3O/c1-4-6-13-14(17)15(19(3)18-13)20-11-7-8-12(16)10(5-2)9-11/h7-9H,4-6,17H2,1-3H3. The molecule has 20 heavy (non-hydrogen) atoms. The van der Waals surface area contributed by atoms with Crippen LogP contribution in [0.25, 0.3) is 0 Å². The van der Waals surface area contributed by atoms with Crippen molar-refractivity contribution in [3.63, 3.8) is 0 Å². The molecule has 0 unspecified atom stereocenters. The molecule has 0 amide bonds. The van der Waals surface area contributed by atoms with Gasteiger partial charge in [0, 0.05) is 12.1 Å². The number of nitrogens with two attached hydrogens (primary N) is 1. The molecule has 4 nitrogen and oxygen atoms in total. The Morgan fingerprint density at radius 2 is 2.10 bits per heavy atom. The summed E-state index contributed by atoms with van der Waals surface area (Å²) in [4.78, 5) is 0. The number of ether oxygens (including phenoxy) is 1. The normalized spacial score (nSPS) is 10.8. The van der Waals surface area contributed by atoms with E-state index in [0.29, 0.717) is 11.6 Å². The zero-order valence-electron chi connectivity index (χ0n) is 12.1. The lowest BCUT2D eigenvalue weighted by Gasteiger charge is -2.09. The van der Waals surface area contributed by atoms with Gasteiger partial charge >= 0.3 is 0 Å². The maximum atomic E-state index is 6.11. The highest BCUT2D eigenvalue weighted by Gasteiger charge is 2.15. The van der Waals surface area contributed by atoms with Crippen molar-refractivity contribution in [1.82, 2.24) is 9.78 Å². The molecule has 0 aliphatic rings. The van der Waals surface area contributed by atoms with Crippen molar-refractivity contribution in [2.45, 2.75) is 33.1 Å². The Bertz CT molecular complexity index is 607. The Morgan fingerprint density at radius 1 is 1.35 bits per heavy atom. The molecule has 0 radical (unpaired) electrons. The Labute approximate surface area is 124 Å². The minimum Gasteiger partial charge on any atom is -0.437 e. The van der Waals surface area contributed by atoms with Gasteiger partial charge in [-0.1, -0.05) is 31.9 Å². The van der Waals surface area contributed by atoms with E-state index in [2.05, 4.69) is 18.9 Å². The third-order valence-corrected chi connectivity index (χ3v) is 3.57. The van der Waals surface area contributed by atoms with Crippen molar-refractivity contribution in [1.29, 1.82) is 0 Å². The first-order valence-electron chi connectivity index (χ1n) is 6.84. The minimum absolute atomic E-state index is 0.581. The van der Waals surface area contributed by atoms with Crippen LogP contribution in [0, 0.1) is 0 Å². The third kappa shape index (κ3) is 2.90. The topological polar surface area (TPSA) is 53.1 Å². The second kappa shape index (κ2) is 6.18. The average Bonchev–Trinajstić information content (AvgIpc) is 2.69. The van der Waals surface area contributed by atoms with Crippen molar-refractivity contribution in [2.75, 3.05) is 5.73 Å². The predicted octanol–water partition coefficient (Wildman–Crippen LogP) is 3.96. The second-order valence-electron chi connectivity index (χ2n) is 4.75. The van der Waals surface area contributed by atoms with Gasteiger partial charge in [-0.15, -0.1) is 0 Å². The molecular formula is C15H20ClN3O. The van der Waals surface area contributed by atoms with Crippen molar-refractivity contribution in [2.24, 2.45) is 7.05 Å². The van der Waals surface area contributed by atoms with Crippen molar-refractivity contribution < 1.29 is 4.74 Å². The van der Waals surface area contributed by atoms with Gasteiger partial charge in [-0.25, -0.2) is 4.68 Å². The molecule has 2 rings (SSSR count). The first-order chi connectivity index (χ1) is 9.56. The van der Waals surface area contributed by atoms with E-state index in [-0.39, 0.29) is 0 Å². The van der Waals surface area contributed by atoms with Gasteiger partial charge in [-0.3, -0.25) is 0 Å². The SMILES string of the molecule is CCCc1nn(C)c(Oc2ccc(Cl)c(CC)c2)c1N. The van der Waals surface area contributed by atoms with Crippen LogP contribution in [-0.2, 0) is 19.9 Å². The molecule has 2 aromatic rings. The van der Waals surface area contributed by atoms with Crippen LogP contribution in [0.2, 0.25) is 5.02 Å². The summed E-state index contributed by atoms with van der Waals surface area (Å²) in [6, 6.07) is 5.62. The smallest absolute Gasteiger partial charge is 0.241 e. The minimum atomic E-state index is 0.581. The number of benzene rings is 1. The first-order valence-corrected chi connectivity index (χ1v) is 7.22. The van der Waals surface area contributed by atoms with E-state index in [1.165, 1.54) is 0 Å². The second-order valence-corrected chi connectivity index (χ2v) is 5.16. The molecule has 1 aromatic carbocycles. The first kappa shape index (κ1) is 14.7. The van der Waals surface area contributed by atoms with Crippen LogP contribution in [0.4, 0.5) is 5.69 Å². The fraction of sp³-hybridized carbons (Fsp3) is 0.400. The summed E-state index contributed by atoms with van der Waals surface area (Å²) in [5.74, 6) is 1.31. The summed E-state index contributed by atoms with van der Waals surface area (Å²) in [6.07, 6.45) is 2.71. The Kier molecular flexibility index (Phi) is 4.55. The number of aromatic nitrogens is 2. The molecule has 1 aromatic heterocycles. The fourth-order valence-electron chi connectivity index (χ4n) is 2.12. The summed E-state index contributed by atoms with van der Waals surface area (Å²) in [6.45, 7) is 4.16. The van der Waals surface area contributed by atoms with E-state index in [0.717, 1.165) is 41.3 Å². The van der Waals surface area contributed by atoms with E-state index in [4.69, 9.17) is 22.1 Å². The number of rotatable bonds is 5. The number of anilines is 1. The quantitative estimate of drug-likeness (QED) is 0.907. The maximum absolute atomic E-state index is 6.11. The van der Waals surface area contributed by atoms with Crippen molar-refractivity contribution in [3.05, 3.63) is 34.5 Å². The van der Waals surface area contributed by atoms with Crippen LogP contribution in [0.5, 0.6) is 11.6 Å². The summed E-state index contributed by atoms with van der Waals surface area (Å²) in [5, 5.41) is 5.15. The Hall–Kier alpha value is -1.68. The number of hydrogen-bond donors (Lipinski definition) is 1. The highest BCUT2D eigenvalue weighted by molar-refractivity contribution is 6.31. The van der Waals surface area contributed by atoms with Crippen LogP contribution in [0.3, 0.4) is 0 Å². The molecule has 0 aliphatic carbocycles. The maximum Gasteiger partial charge on any atom is 0.241 e. The predicted molar refractivity (Wildman–Crippen MR) is 82.5 cm³/mol. The highest BCUT2D eigenvalue weighted by Crippen LogP contribution is 2.32. The molecular weight excluding hydrogens is 274 g/mol. The molecule has 1 heterocycles. The number of nitrogen functional groups attached to an aromatic ring is 1. The fourth-order valence-corrected chi connectivity index (χ4v) is 2.37. The van der Waals surface area contributed by atoms with E-state index in [1.807, 2.05) is 25.2 Å². The molecule has 0 atom stereocenters. The number of aryl methyl sites for hydroxylation is 3. The zero-order valence-corrected chi connectivity index (χ0v) is 12.9. The van der Waals surface area contributed by atoms with Gasteiger partial charge in [0.2, 0.25) is 5.88 Å². The van der Waals surface area contributed by atoms with E-state index in [9.17, 15) is 0 Å². The van der Waals surface area contributed by atoms with Crippen molar-refractivity contribution in [3.8, 4) is 11.6 Å². The molecule has 5 heteroatoms. The largest absolute Gasteiger partial charge is 0.437 e. The molecule has 0 fully saturated rings. The number of hydrogen-bond acceptors (Lipinski definition) is 3. The Morgan fingerprint density at radius 3 is 2.75 bits per heavy atom. The van der Waals surface area contributed by atoms with Gasteiger partial charge in [0.25, 0.3) is 0 Å². The Balaban J connectivity index is 2.30. The molecule has 0 bridgehead atoms. The van der Waals surface area contributed by atoms with E-state index in [1.54, 1.807) is 4.68 Å². The van der Waals surface area contributed by atoms with Crippen LogP contribution < -0.4 is 10.5 Å². The summed E-state index contributed by atoms with van der Waals surface area (Å²) < 4.78 is 7.56. The van der Waals surface area contributed by atoms with E-state index >= 15 is 0 Å². The van der Waals surface area contributed by atoms with Gasteiger partial charge in [0.05, 0.1) is 5.69 Å². The summed E-state index contributed by atoms with van der Waals surface area (Å²) in [5.41, 5.74) is 8.66. The van der Waals surface area contributed by atoms with E-state index < -0.39 is 0 Å². The summed E-state index contributed by atoms with van der Waals surface area (Å²) in [7, 11) is 1.83. The average molecular weight is 294 g/mol. The van der Waals surface area contributed by atoms with Crippen LogP contribution in [-0.4, -0.2) is 9.78 Å².